The van der Waals surface area contributed by atoms with Crippen LogP contribution in [0.2, 0.25) is 0 Å². The molecule has 4 aromatic carbocycles. The third kappa shape index (κ3) is 10.8. The number of halogens is 4. The first-order valence-corrected chi connectivity index (χ1v) is 29.7. The summed E-state index contributed by atoms with van der Waals surface area (Å²) >= 11 is 13.7. The van der Waals surface area contributed by atoms with Gasteiger partial charge in [-0.3, -0.25) is 19.2 Å². The maximum absolute atomic E-state index is 12.9. The summed E-state index contributed by atoms with van der Waals surface area (Å²) in [6.45, 7) is 8.09. The Kier molecular flexibility index (Phi) is 14.5. The summed E-state index contributed by atoms with van der Waals surface area (Å²) < 4.78 is 57.8. The molecule has 0 radical (unpaired) electrons. The summed E-state index contributed by atoms with van der Waals surface area (Å²) in [5.74, 6) is 1.58. The molecule has 12 heteroatoms. The monoisotopic (exact) mass is 1270 g/mol. The predicted octanol–water partition coefficient (Wildman–Crippen LogP) is 14.7. The number of rotatable bonds is 2. The summed E-state index contributed by atoms with van der Waals surface area (Å²) in [5, 5.41) is 19.7. The van der Waals surface area contributed by atoms with E-state index in [1.807, 2.05) is 74.5 Å². The van der Waals surface area contributed by atoms with Crippen molar-refractivity contribution in [2.24, 2.45) is 45.3 Å². The molecule has 2 N–H and O–H groups in total. The van der Waals surface area contributed by atoms with Gasteiger partial charge >= 0.3 is 0 Å². The van der Waals surface area contributed by atoms with E-state index in [4.69, 9.17) is 17.7 Å². The quantitative estimate of drug-likeness (QED) is 0.203. The standard InChI is InChI=1S/2C16H19BrO2.2C15H17BrO2/c2*1-10-8-16(6-5-14(10)19-2)9-11-3-4-12(17)7-13(11)15(16)18;2*1-9-7-15(5-4-13(9)17)8-10-2-3-11(16)6-12(10)14(15)18/h2*3-4,7,10,14H,5-6,8-9H2,1-2H3;2*2-3,6,9,13,17H,4-5,7-8H2,1H3/t2*10-,14-,16-;2*9-,13-,15-/m1010/s1/i2*2D3;;. The Balaban J connectivity index is 0.000000130. The van der Waals surface area contributed by atoms with Crippen molar-refractivity contribution in [1.29, 1.82) is 0 Å². The maximum Gasteiger partial charge on any atom is 0.169 e. The van der Waals surface area contributed by atoms with E-state index in [2.05, 4.69) is 89.7 Å². The lowest BCUT2D eigenvalue weighted by atomic mass is 9.66. The Morgan fingerprint density at radius 3 is 0.932 bits per heavy atom. The predicted molar refractivity (Wildman–Crippen MR) is 304 cm³/mol. The van der Waals surface area contributed by atoms with Crippen molar-refractivity contribution in [1.82, 2.24) is 0 Å². The van der Waals surface area contributed by atoms with Crippen LogP contribution in [0.3, 0.4) is 0 Å². The van der Waals surface area contributed by atoms with Crippen molar-refractivity contribution in [3.8, 4) is 0 Å². The van der Waals surface area contributed by atoms with E-state index < -0.39 is 14.1 Å². The van der Waals surface area contributed by atoms with Crippen LogP contribution >= 0.6 is 63.7 Å². The highest BCUT2D eigenvalue weighted by Gasteiger charge is 2.53. The first-order chi connectivity index (χ1) is 37.4. The van der Waals surface area contributed by atoms with E-state index in [1.54, 1.807) is 0 Å². The third-order valence-corrected chi connectivity index (χ3v) is 20.7. The number of aliphatic hydroxyl groups is 2. The fraction of sp³-hybridized carbons (Fsp3) is 0.548. The van der Waals surface area contributed by atoms with Crippen molar-refractivity contribution in [2.45, 2.75) is 155 Å². The van der Waals surface area contributed by atoms with E-state index in [-0.39, 0.29) is 92.9 Å². The highest BCUT2D eigenvalue weighted by atomic mass is 79.9. The largest absolute Gasteiger partial charge is 0.393 e. The van der Waals surface area contributed by atoms with Crippen molar-refractivity contribution < 1.29 is 47.1 Å². The van der Waals surface area contributed by atoms with Gasteiger partial charge in [0.05, 0.1) is 32.6 Å². The van der Waals surface area contributed by atoms with E-state index in [0.29, 0.717) is 38.5 Å². The van der Waals surface area contributed by atoms with Gasteiger partial charge in [-0.05, 0) is 197 Å². The minimum atomic E-state index is -2.36. The highest BCUT2D eigenvalue weighted by Crippen LogP contribution is 2.53. The Hall–Kier alpha value is -2.68. The lowest BCUT2D eigenvalue weighted by molar-refractivity contribution is -0.00692. The SMILES string of the molecule is C[C@@H]1C[C@]2(CC[C@H]1O)Cc1ccc(Br)cc1C2=O.C[C@H]1C[C@@]2(CC[C@@H]1O)Cc1ccc(Br)cc1C2=O.[2H]C([2H])([2H])O[C@@H]1CC[C@]2(Cc3ccc(Br)cc3C2=O)C[C@H]1C.[2H]C([2H])([2H])O[C@H]1CC[C@@]2(Cc3ccc(Br)cc3C2=O)C[C@@H]1C. The number of hydrogen-bond donors (Lipinski definition) is 2. The zero-order valence-corrected chi connectivity index (χ0v) is 49.1. The molecule has 0 unspecified atom stereocenters. The summed E-state index contributed by atoms with van der Waals surface area (Å²) in [6, 6.07) is 23.8. The van der Waals surface area contributed by atoms with E-state index >= 15 is 0 Å². The molecule has 0 amide bonds. The van der Waals surface area contributed by atoms with Crippen molar-refractivity contribution in [3.05, 3.63) is 135 Å². The molecular formula is C62H72Br4O8. The lowest BCUT2D eigenvalue weighted by Gasteiger charge is -2.39. The molecule has 4 fully saturated rings. The summed E-state index contributed by atoms with van der Waals surface area (Å²) in [5.41, 5.74) is 6.76. The topological polar surface area (TPSA) is 127 Å². The first-order valence-electron chi connectivity index (χ1n) is 29.5. The van der Waals surface area contributed by atoms with E-state index in [0.717, 1.165) is 115 Å². The Bertz CT molecular complexity index is 2860. The van der Waals surface area contributed by atoms with E-state index in [1.165, 1.54) is 11.1 Å². The normalized spacial score (nSPS) is 35.9. The van der Waals surface area contributed by atoms with Gasteiger partial charge in [0.15, 0.2) is 23.1 Å². The average molecular weight is 1270 g/mol. The van der Waals surface area contributed by atoms with Gasteiger partial charge in [-0.15, -0.1) is 0 Å². The van der Waals surface area contributed by atoms with Gasteiger partial charge in [0.25, 0.3) is 0 Å². The minimum absolute atomic E-state index is 0.0656. The van der Waals surface area contributed by atoms with Crippen LogP contribution in [0.5, 0.6) is 0 Å². The molecular weight excluding hydrogens is 1190 g/mol. The van der Waals surface area contributed by atoms with Crippen LogP contribution in [0, 0.1) is 45.3 Å². The second kappa shape index (κ2) is 22.2. The van der Waals surface area contributed by atoms with Crippen molar-refractivity contribution >= 4 is 86.9 Å². The second-order valence-corrected chi connectivity index (χ2v) is 27.3. The fourth-order valence-corrected chi connectivity index (χ4v) is 16.1. The molecule has 8 aliphatic carbocycles. The Labute approximate surface area is 480 Å². The van der Waals surface area contributed by atoms with Crippen LogP contribution in [0.1, 0.15) is 177 Å². The van der Waals surface area contributed by atoms with Gasteiger partial charge in [-0.1, -0.05) is 116 Å². The van der Waals surface area contributed by atoms with Crippen LogP contribution in [0.4, 0.5) is 0 Å². The molecule has 12 atom stereocenters. The Morgan fingerprint density at radius 2 is 0.689 bits per heavy atom. The molecule has 396 valence electrons. The van der Waals surface area contributed by atoms with Gasteiger partial charge in [0.1, 0.15) is 0 Å². The summed E-state index contributed by atoms with van der Waals surface area (Å²) in [4.78, 5) is 51.1. The number of aliphatic hydroxyl groups excluding tert-OH is 2. The van der Waals surface area contributed by atoms with Gasteiger partial charge in [0, 0.05) is 75.9 Å². The molecule has 0 aromatic heterocycles. The third-order valence-electron chi connectivity index (χ3n) is 18.7. The number of hydrogen-bond acceptors (Lipinski definition) is 8. The van der Waals surface area contributed by atoms with Crippen LogP contribution in [0.15, 0.2) is 90.7 Å². The molecule has 4 spiro atoms. The van der Waals surface area contributed by atoms with Gasteiger partial charge in [0.2, 0.25) is 0 Å². The van der Waals surface area contributed by atoms with Gasteiger partial charge in [-0.2, -0.15) is 0 Å². The molecule has 4 aromatic rings. The minimum Gasteiger partial charge on any atom is -0.393 e. The van der Waals surface area contributed by atoms with Crippen LogP contribution in [-0.4, -0.2) is 71.8 Å². The number of carbonyl (C=O) groups excluding carboxylic acids is 4. The molecule has 74 heavy (non-hydrogen) atoms. The van der Waals surface area contributed by atoms with Crippen molar-refractivity contribution in [2.75, 3.05) is 14.1 Å². The molecule has 4 saturated carbocycles. The number of methoxy groups -OCH3 is 2. The second-order valence-electron chi connectivity index (χ2n) is 23.7. The molecule has 0 bridgehead atoms. The average Bonchev–Trinajstić information content (AvgIpc) is 4.06. The zero-order valence-electron chi connectivity index (χ0n) is 48.7. The molecule has 12 rings (SSSR count). The smallest absolute Gasteiger partial charge is 0.169 e. The van der Waals surface area contributed by atoms with Crippen molar-refractivity contribution in [3.63, 3.8) is 0 Å². The lowest BCUT2D eigenvalue weighted by Crippen LogP contribution is -2.40. The number of benzene rings is 4. The number of ether oxygens (including phenoxy) is 2. The van der Waals surface area contributed by atoms with Crippen LogP contribution < -0.4 is 0 Å². The Morgan fingerprint density at radius 1 is 0.432 bits per heavy atom. The van der Waals surface area contributed by atoms with E-state index in [9.17, 15) is 29.4 Å². The number of carbonyl (C=O) groups is 4. The fourth-order valence-electron chi connectivity index (χ4n) is 14.6. The number of ketones is 4. The molecule has 0 heterocycles. The maximum atomic E-state index is 12.9. The molecule has 8 aliphatic rings. The molecule has 0 aliphatic heterocycles. The van der Waals surface area contributed by atoms with Crippen LogP contribution in [0.25, 0.3) is 0 Å². The van der Waals surface area contributed by atoms with Gasteiger partial charge in [-0.25, -0.2) is 0 Å². The summed E-state index contributed by atoms with van der Waals surface area (Å²) in [7, 11) is -4.73. The summed E-state index contributed by atoms with van der Waals surface area (Å²) in [6.07, 6.45) is 11.0. The number of Topliss-reactive ketones (excluding diaryl/α,β-unsaturated/α-hetero) is 4. The van der Waals surface area contributed by atoms with Gasteiger partial charge < -0.3 is 19.7 Å². The highest BCUT2D eigenvalue weighted by molar-refractivity contribution is 9.11. The molecule has 0 saturated heterocycles. The van der Waals surface area contributed by atoms with Crippen LogP contribution in [-0.2, 0) is 35.2 Å². The first kappa shape index (κ1) is 48.4. The molecule has 8 nitrogen and oxygen atoms in total. The zero-order chi connectivity index (χ0) is 58.1. The number of fused-ring (bicyclic) bond motifs is 4.